The summed E-state index contributed by atoms with van der Waals surface area (Å²) in [4.78, 5) is 9.26. The first-order chi connectivity index (χ1) is 15.8. The Bertz CT molecular complexity index is 733. The molecule has 3 nitrogen and oxygen atoms in total. The number of rotatable bonds is 14. The zero-order chi connectivity index (χ0) is 22.4. The molecule has 2 aromatic rings. The molecule has 1 heterocycles. The van der Waals surface area contributed by atoms with Gasteiger partial charge in [0.2, 0.25) is 0 Å². The molecule has 1 saturated carbocycles. The molecule has 3 rings (SSSR count). The van der Waals surface area contributed by atoms with Gasteiger partial charge in [-0.2, -0.15) is 0 Å². The largest absolute Gasteiger partial charge is 0.494 e. The molecule has 1 aliphatic rings. The average molecular weight is 437 g/mol. The minimum absolute atomic E-state index is 0.820. The van der Waals surface area contributed by atoms with Crippen LogP contribution in [0.5, 0.6) is 5.75 Å². The molecule has 0 atom stereocenters. The van der Waals surface area contributed by atoms with Crippen molar-refractivity contribution in [3.05, 3.63) is 42.4 Å². The van der Waals surface area contributed by atoms with Crippen LogP contribution in [0, 0.1) is 11.8 Å². The van der Waals surface area contributed by atoms with E-state index in [2.05, 4.69) is 48.1 Å². The van der Waals surface area contributed by atoms with Crippen molar-refractivity contribution in [2.45, 2.75) is 104 Å². The Balaban J connectivity index is 1.34. The van der Waals surface area contributed by atoms with Crippen molar-refractivity contribution in [2.24, 2.45) is 11.8 Å². The summed E-state index contributed by atoms with van der Waals surface area (Å²) in [6.07, 6.45) is 22.3. The van der Waals surface area contributed by atoms with Crippen molar-refractivity contribution in [2.75, 3.05) is 6.61 Å². The Morgan fingerprint density at radius 2 is 1.47 bits per heavy atom. The number of hydrogen-bond acceptors (Lipinski definition) is 3. The molecule has 1 aliphatic carbocycles. The normalized spacial score (nSPS) is 18.6. The lowest BCUT2D eigenvalue weighted by atomic mass is 9.78. The highest BCUT2D eigenvalue weighted by atomic mass is 16.5. The van der Waals surface area contributed by atoms with Crippen LogP contribution in [0.2, 0.25) is 0 Å². The zero-order valence-corrected chi connectivity index (χ0v) is 20.5. The number of unbranched alkanes of at least 4 members (excludes halogenated alkanes) is 4. The molecule has 1 aromatic carbocycles. The first-order valence-corrected chi connectivity index (χ1v) is 13.3. The second kappa shape index (κ2) is 14.3. The highest BCUT2D eigenvalue weighted by Crippen LogP contribution is 2.33. The van der Waals surface area contributed by atoms with Crippen LogP contribution < -0.4 is 4.74 Å². The molecule has 0 aliphatic heterocycles. The van der Waals surface area contributed by atoms with Gasteiger partial charge in [-0.15, -0.1) is 0 Å². The minimum atomic E-state index is 0.820. The second-order valence-corrected chi connectivity index (χ2v) is 9.75. The predicted octanol–water partition coefficient (Wildman–Crippen LogP) is 8.42. The molecule has 0 unspecified atom stereocenters. The van der Waals surface area contributed by atoms with Gasteiger partial charge in [0.1, 0.15) is 5.75 Å². The van der Waals surface area contributed by atoms with E-state index in [1.165, 1.54) is 77.0 Å². The first kappa shape index (κ1) is 24.7. The number of nitrogens with zero attached hydrogens (tertiary/aromatic N) is 2. The van der Waals surface area contributed by atoms with Crippen LogP contribution in [-0.2, 0) is 6.42 Å². The van der Waals surface area contributed by atoms with E-state index < -0.39 is 0 Å². The van der Waals surface area contributed by atoms with Gasteiger partial charge in [0.25, 0.3) is 0 Å². The number of hydrogen-bond donors (Lipinski definition) is 0. The Kier molecular flexibility index (Phi) is 11.0. The molecule has 1 aromatic heterocycles. The van der Waals surface area contributed by atoms with Gasteiger partial charge in [-0.05, 0) is 61.8 Å². The molecule has 0 spiro atoms. The van der Waals surface area contributed by atoms with Crippen LogP contribution in [0.1, 0.15) is 103 Å². The molecule has 0 N–H and O–H groups in total. The molecule has 0 bridgehead atoms. The molecular weight excluding hydrogens is 392 g/mol. The number of aryl methyl sites for hydroxylation is 1. The fourth-order valence-electron chi connectivity index (χ4n) is 5.04. The summed E-state index contributed by atoms with van der Waals surface area (Å²) in [6.45, 7) is 5.39. The van der Waals surface area contributed by atoms with Gasteiger partial charge in [0, 0.05) is 11.8 Å². The van der Waals surface area contributed by atoms with Gasteiger partial charge in [-0.25, -0.2) is 0 Å². The highest BCUT2D eigenvalue weighted by Gasteiger charge is 2.20. The van der Waals surface area contributed by atoms with Crippen LogP contribution in [0.25, 0.3) is 11.3 Å². The summed E-state index contributed by atoms with van der Waals surface area (Å²) >= 11 is 0. The van der Waals surface area contributed by atoms with Crippen molar-refractivity contribution in [3.63, 3.8) is 0 Å². The zero-order valence-electron chi connectivity index (χ0n) is 20.5. The molecule has 0 radical (unpaired) electrons. The lowest BCUT2D eigenvalue weighted by molar-refractivity contribution is 0.230. The van der Waals surface area contributed by atoms with Crippen molar-refractivity contribution >= 4 is 0 Å². The van der Waals surface area contributed by atoms with Crippen LogP contribution in [0.4, 0.5) is 0 Å². The summed E-state index contributed by atoms with van der Waals surface area (Å²) in [5.74, 6) is 2.88. The third-order valence-electron chi connectivity index (χ3n) is 7.08. The van der Waals surface area contributed by atoms with Gasteiger partial charge in [-0.1, -0.05) is 78.1 Å². The quantitative estimate of drug-likeness (QED) is 0.279. The lowest BCUT2D eigenvalue weighted by Gasteiger charge is -2.28. The van der Waals surface area contributed by atoms with E-state index in [4.69, 9.17) is 4.74 Å². The van der Waals surface area contributed by atoms with E-state index in [0.717, 1.165) is 54.0 Å². The maximum atomic E-state index is 6.00. The van der Waals surface area contributed by atoms with Gasteiger partial charge in [-0.3, -0.25) is 9.97 Å². The molecule has 176 valence electrons. The van der Waals surface area contributed by atoms with Gasteiger partial charge >= 0.3 is 0 Å². The van der Waals surface area contributed by atoms with Gasteiger partial charge in [0.15, 0.2) is 0 Å². The SMILES string of the molecule is CCCCCCCc1cnc(-c2ccc(OCCCC3CCC(CCC)CC3)cc2)cn1. The van der Waals surface area contributed by atoms with Crippen LogP contribution >= 0.6 is 0 Å². The van der Waals surface area contributed by atoms with Crippen LogP contribution in [0.15, 0.2) is 36.7 Å². The Labute approximate surface area is 196 Å². The van der Waals surface area contributed by atoms with E-state index in [-0.39, 0.29) is 0 Å². The van der Waals surface area contributed by atoms with E-state index in [1.807, 2.05) is 12.4 Å². The average Bonchev–Trinajstić information content (AvgIpc) is 2.84. The number of aromatic nitrogens is 2. The second-order valence-electron chi connectivity index (χ2n) is 9.75. The third-order valence-corrected chi connectivity index (χ3v) is 7.08. The Morgan fingerprint density at radius 3 is 2.12 bits per heavy atom. The molecule has 0 saturated heterocycles. The van der Waals surface area contributed by atoms with Gasteiger partial charge < -0.3 is 4.74 Å². The summed E-state index contributed by atoms with van der Waals surface area (Å²) in [6, 6.07) is 8.32. The van der Waals surface area contributed by atoms with E-state index in [1.54, 1.807) is 0 Å². The Morgan fingerprint density at radius 1 is 0.750 bits per heavy atom. The van der Waals surface area contributed by atoms with Gasteiger partial charge in [0.05, 0.1) is 24.2 Å². The standard InChI is InChI=1S/C29H44N2O/c1-3-5-6-7-8-12-27-22-31-29(23-30-27)26-17-19-28(20-18-26)32-21-9-11-25-15-13-24(10-4-2)14-16-25/h17-20,22-25H,3-16,21H2,1-2H3. The van der Waals surface area contributed by atoms with Crippen LogP contribution in [0.3, 0.4) is 0 Å². The van der Waals surface area contributed by atoms with E-state index in [9.17, 15) is 0 Å². The first-order valence-electron chi connectivity index (χ1n) is 13.3. The summed E-state index contributed by atoms with van der Waals surface area (Å²) in [5.41, 5.74) is 3.14. The van der Waals surface area contributed by atoms with Crippen LogP contribution in [-0.4, -0.2) is 16.6 Å². The van der Waals surface area contributed by atoms with Crippen molar-refractivity contribution in [1.29, 1.82) is 0 Å². The molecule has 3 heteroatoms. The maximum absolute atomic E-state index is 6.00. The van der Waals surface area contributed by atoms with Crippen molar-refractivity contribution in [1.82, 2.24) is 9.97 Å². The Hall–Kier alpha value is -1.90. The summed E-state index contributed by atoms with van der Waals surface area (Å²) in [7, 11) is 0. The monoisotopic (exact) mass is 436 g/mol. The molecular formula is C29H44N2O. The lowest BCUT2D eigenvalue weighted by Crippen LogP contribution is -2.15. The van der Waals surface area contributed by atoms with E-state index in [0.29, 0.717) is 0 Å². The van der Waals surface area contributed by atoms with Crippen molar-refractivity contribution < 1.29 is 4.74 Å². The maximum Gasteiger partial charge on any atom is 0.119 e. The summed E-state index contributed by atoms with van der Waals surface area (Å²) < 4.78 is 6.00. The third kappa shape index (κ3) is 8.56. The summed E-state index contributed by atoms with van der Waals surface area (Å²) in [5, 5.41) is 0. The minimum Gasteiger partial charge on any atom is -0.494 e. The van der Waals surface area contributed by atoms with Crippen molar-refractivity contribution in [3.8, 4) is 17.0 Å². The number of ether oxygens (including phenoxy) is 1. The fraction of sp³-hybridized carbons (Fsp3) is 0.655. The molecule has 1 fully saturated rings. The number of benzene rings is 1. The van der Waals surface area contributed by atoms with E-state index >= 15 is 0 Å². The topological polar surface area (TPSA) is 35.0 Å². The predicted molar refractivity (Wildman–Crippen MR) is 135 cm³/mol. The fourth-order valence-corrected chi connectivity index (χ4v) is 5.04. The molecule has 32 heavy (non-hydrogen) atoms. The molecule has 0 amide bonds. The highest BCUT2D eigenvalue weighted by molar-refractivity contribution is 5.58. The smallest absolute Gasteiger partial charge is 0.119 e.